The van der Waals surface area contributed by atoms with Crippen LogP contribution in [0, 0.1) is 29.1 Å². The van der Waals surface area contributed by atoms with Crippen molar-refractivity contribution in [2.45, 2.75) is 167 Å². The van der Waals surface area contributed by atoms with Gasteiger partial charge in [-0.2, -0.15) is 0 Å². The molecule has 0 aromatic carbocycles. The van der Waals surface area contributed by atoms with Crippen molar-refractivity contribution in [3.63, 3.8) is 0 Å². The summed E-state index contributed by atoms with van der Waals surface area (Å²) in [7, 11) is -0.611. The summed E-state index contributed by atoms with van der Waals surface area (Å²) in [6.45, 7) is 16.0. The third-order valence-corrected chi connectivity index (χ3v) is 12.8. The maximum absolute atomic E-state index is 14.2. The van der Waals surface area contributed by atoms with Gasteiger partial charge in [0.2, 0.25) is 29.5 Å². The number of carboxylic acid groups (broad SMARTS) is 2. The minimum absolute atomic E-state index is 0.0452. The van der Waals surface area contributed by atoms with Crippen molar-refractivity contribution >= 4 is 48.6 Å². The fraction of sp³-hybridized carbons (Fsp3) is 0.821. The molecular weight excluding hydrogens is 739 g/mol. The van der Waals surface area contributed by atoms with Gasteiger partial charge in [-0.05, 0) is 74.5 Å². The highest BCUT2D eigenvalue weighted by molar-refractivity contribution is 6.48. The fourth-order valence-electron chi connectivity index (χ4n) is 9.17. The number of amides is 5. The molecule has 2 aliphatic heterocycles. The van der Waals surface area contributed by atoms with Crippen LogP contribution in [0.1, 0.15) is 120 Å². The number of likely N-dealkylation sites (tertiary alicyclic amines) is 1. The Labute approximate surface area is 336 Å². The van der Waals surface area contributed by atoms with Gasteiger partial charge in [0.25, 0.3) is 0 Å². The van der Waals surface area contributed by atoms with Gasteiger partial charge in [0.05, 0.1) is 30.1 Å². The van der Waals surface area contributed by atoms with Crippen molar-refractivity contribution in [1.29, 1.82) is 0 Å². The third-order valence-electron chi connectivity index (χ3n) is 12.8. The number of nitrogens with zero attached hydrogens (tertiary/aromatic N) is 1. The van der Waals surface area contributed by atoms with Crippen LogP contribution in [-0.2, 0) is 42.9 Å². The summed E-state index contributed by atoms with van der Waals surface area (Å²) in [6.07, 6.45) is 3.82. The second-order valence-corrected chi connectivity index (χ2v) is 17.9. The lowest BCUT2D eigenvalue weighted by atomic mass is 9.43. The Hall–Kier alpha value is -3.77. The van der Waals surface area contributed by atoms with Crippen LogP contribution in [0.3, 0.4) is 0 Å². The molecule has 3 saturated carbocycles. The lowest BCUT2D eigenvalue weighted by molar-refractivity contribution is -0.199. The number of hydrogen-bond donors (Lipinski definition) is 7. The van der Waals surface area contributed by atoms with E-state index in [1.54, 1.807) is 27.7 Å². The number of nitrogens with one attached hydrogen (secondary N) is 4. The van der Waals surface area contributed by atoms with Crippen LogP contribution >= 0.6 is 0 Å². The van der Waals surface area contributed by atoms with E-state index in [0.717, 1.165) is 25.7 Å². The van der Waals surface area contributed by atoms with Gasteiger partial charge in [0, 0.05) is 13.0 Å². The van der Waals surface area contributed by atoms with E-state index in [1.165, 1.54) is 4.90 Å². The van der Waals surface area contributed by atoms with Crippen LogP contribution in [0.4, 0.5) is 0 Å². The van der Waals surface area contributed by atoms with Gasteiger partial charge in [-0.3, -0.25) is 33.6 Å². The van der Waals surface area contributed by atoms with E-state index >= 15 is 0 Å². The minimum atomic E-state index is -1.50. The summed E-state index contributed by atoms with van der Waals surface area (Å²) in [5, 5.41) is 29.1. The first kappa shape index (κ1) is 45.9. The number of carbonyl (C=O) groups excluding carboxylic acids is 5. The summed E-state index contributed by atoms with van der Waals surface area (Å²) in [5.41, 5.74) is 5.38. The highest BCUT2D eigenvalue weighted by Crippen LogP contribution is 2.65. The number of hydrogen-bond acceptors (Lipinski definition) is 10. The Bertz CT molecular complexity index is 1530. The highest BCUT2D eigenvalue weighted by atomic mass is 16.7. The van der Waals surface area contributed by atoms with Crippen LogP contribution in [0.2, 0.25) is 0 Å². The Morgan fingerprint density at radius 1 is 0.860 bits per heavy atom. The number of aliphatic carboxylic acids is 2. The topological polar surface area (TPSA) is 256 Å². The first-order chi connectivity index (χ1) is 26.6. The average molecular weight is 805 g/mol. The monoisotopic (exact) mass is 804 g/mol. The molecule has 5 aliphatic rings. The van der Waals surface area contributed by atoms with E-state index in [2.05, 4.69) is 49.0 Å². The standard InChI is InChI=1S/C39H65BN6O11/c1-9-10-13-28(40-56-27-18-22-17-26(38(22,6)7)39(27,8)57-40)43-35(53)25-12-11-16-46(25)37(55)32(21(4)5)45-36(54)31(20(2)3)44-34(52)24(14-15-29(47)48)42-33(51)23(41)19-30(49)50/h20-28,31-32H,9-19,41H2,1-8H3,(H,42,51)(H,43,53)(H,44,52)(H,45,54)(H,47,48)(H,49,50)/t22-,23-,24-,25+,26-,27+,28-,31-,32-,39-/m0/s1. The Balaban J connectivity index is 1.44. The smallest absolute Gasteiger partial charge is 0.481 e. The molecule has 3 aliphatic carbocycles. The zero-order valence-corrected chi connectivity index (χ0v) is 34.8. The molecule has 17 nitrogen and oxygen atoms in total. The average Bonchev–Trinajstić information content (AvgIpc) is 3.76. The molecule has 10 atom stereocenters. The van der Waals surface area contributed by atoms with Crippen LogP contribution in [0.25, 0.3) is 0 Å². The molecule has 320 valence electrons. The first-order valence-corrected chi connectivity index (χ1v) is 20.7. The van der Waals surface area contributed by atoms with Gasteiger partial charge in [-0.1, -0.05) is 61.3 Å². The van der Waals surface area contributed by atoms with E-state index in [9.17, 15) is 38.7 Å². The Morgan fingerprint density at radius 2 is 1.51 bits per heavy atom. The SMILES string of the molecule is CCCC[C@H](NC(=O)[C@H]1CCCN1C(=O)[C@@H](NC(=O)[C@@H](NC(=O)[C@H](CCC(=O)O)NC(=O)[C@@H](N)CC(=O)O)C(C)C)C(C)C)B1O[C@@H]2C[C@@H]3C[C@@H](C3(C)C)[C@]2(C)O1. The summed E-state index contributed by atoms with van der Waals surface area (Å²) in [4.78, 5) is 92.0. The molecule has 57 heavy (non-hydrogen) atoms. The van der Waals surface area contributed by atoms with Gasteiger partial charge in [-0.25, -0.2) is 0 Å². The molecule has 5 rings (SSSR count). The number of carbonyl (C=O) groups is 7. The van der Waals surface area contributed by atoms with E-state index in [0.29, 0.717) is 37.6 Å². The van der Waals surface area contributed by atoms with Gasteiger partial charge >= 0.3 is 19.1 Å². The molecular formula is C39H65BN6O11. The molecule has 18 heteroatoms. The summed E-state index contributed by atoms with van der Waals surface area (Å²) < 4.78 is 13.3. The Kier molecular flexibility index (Phi) is 15.2. The molecule has 2 bridgehead atoms. The van der Waals surface area contributed by atoms with E-state index < -0.39 is 109 Å². The maximum atomic E-state index is 14.2. The van der Waals surface area contributed by atoms with Crippen molar-refractivity contribution in [2.75, 3.05) is 6.54 Å². The third kappa shape index (κ3) is 10.5. The molecule has 5 fully saturated rings. The number of unbranched alkanes of at least 4 members (excludes halogenated alkanes) is 1. The molecule has 2 heterocycles. The van der Waals surface area contributed by atoms with E-state index in [-0.39, 0.29) is 23.8 Å². The van der Waals surface area contributed by atoms with Gasteiger partial charge < -0.3 is 51.4 Å². The van der Waals surface area contributed by atoms with Crippen LogP contribution in [-0.4, -0.2) is 118 Å². The second kappa shape index (κ2) is 18.9. The van der Waals surface area contributed by atoms with Crippen molar-refractivity contribution in [3.05, 3.63) is 0 Å². The van der Waals surface area contributed by atoms with E-state index in [4.69, 9.17) is 20.1 Å². The van der Waals surface area contributed by atoms with Crippen molar-refractivity contribution in [2.24, 2.45) is 34.8 Å². The normalized spacial score (nSPS) is 27.4. The van der Waals surface area contributed by atoms with Gasteiger partial charge in [-0.15, -0.1) is 0 Å². The molecule has 8 N–H and O–H groups in total. The van der Waals surface area contributed by atoms with Crippen LogP contribution in [0.15, 0.2) is 0 Å². The summed E-state index contributed by atoms with van der Waals surface area (Å²) in [6, 6.07) is -6.00. The molecule has 0 unspecified atom stereocenters. The quantitative estimate of drug-likeness (QED) is 0.0862. The summed E-state index contributed by atoms with van der Waals surface area (Å²) >= 11 is 0. The molecule has 0 aromatic heterocycles. The Morgan fingerprint density at radius 3 is 2.09 bits per heavy atom. The number of rotatable bonds is 20. The number of carboxylic acids is 2. The van der Waals surface area contributed by atoms with Gasteiger partial charge in [0.1, 0.15) is 24.2 Å². The maximum Gasteiger partial charge on any atom is 0.481 e. The predicted octanol–water partition coefficient (Wildman–Crippen LogP) is 1.35. The number of nitrogens with two attached hydrogens (primary N) is 1. The first-order valence-electron chi connectivity index (χ1n) is 20.7. The molecule has 2 saturated heterocycles. The second-order valence-electron chi connectivity index (χ2n) is 17.9. The van der Waals surface area contributed by atoms with E-state index in [1.807, 2.05) is 0 Å². The molecule has 5 amide bonds. The van der Waals surface area contributed by atoms with Crippen molar-refractivity contribution in [1.82, 2.24) is 26.2 Å². The largest absolute Gasteiger partial charge is 0.481 e. The zero-order chi connectivity index (χ0) is 42.6. The lowest BCUT2D eigenvalue weighted by Gasteiger charge is -2.64. The van der Waals surface area contributed by atoms with Crippen molar-refractivity contribution in [3.8, 4) is 0 Å². The van der Waals surface area contributed by atoms with Crippen LogP contribution in [0.5, 0.6) is 0 Å². The predicted molar refractivity (Wildman–Crippen MR) is 209 cm³/mol. The molecule has 0 aromatic rings. The fourth-order valence-corrected chi connectivity index (χ4v) is 9.17. The lowest BCUT2D eigenvalue weighted by Crippen LogP contribution is -2.65. The minimum Gasteiger partial charge on any atom is -0.481 e. The zero-order valence-electron chi connectivity index (χ0n) is 34.8. The van der Waals surface area contributed by atoms with Gasteiger partial charge in [0.15, 0.2) is 0 Å². The van der Waals surface area contributed by atoms with Crippen molar-refractivity contribution < 1.29 is 53.1 Å². The highest BCUT2D eigenvalue weighted by Gasteiger charge is 2.68. The molecule has 0 spiro atoms. The summed E-state index contributed by atoms with van der Waals surface area (Å²) in [5.74, 6) is -6.28. The van der Waals surface area contributed by atoms with Crippen LogP contribution < -0.4 is 27.0 Å². The molecule has 0 radical (unpaired) electrons.